The van der Waals surface area contributed by atoms with E-state index in [2.05, 4.69) is 0 Å². The number of carbonyl (C=O) groups is 1. The van der Waals surface area contributed by atoms with Crippen molar-refractivity contribution >= 4 is 5.78 Å². The van der Waals surface area contributed by atoms with Gasteiger partial charge in [-0.05, 0) is 11.1 Å². The highest BCUT2D eigenvalue weighted by molar-refractivity contribution is 5.90. The standard InChI is InChI=1S/C13H14O3/c1-15-9-10-2-4-11(5-3-10)13-8-12(14)6-7-16-13/h2-7,13H,8-9H2,1H3. The first-order chi connectivity index (χ1) is 7.79. The zero-order valence-electron chi connectivity index (χ0n) is 9.18. The Morgan fingerprint density at radius 3 is 2.75 bits per heavy atom. The quantitative estimate of drug-likeness (QED) is 0.781. The van der Waals surface area contributed by atoms with E-state index in [-0.39, 0.29) is 11.9 Å². The lowest BCUT2D eigenvalue weighted by Gasteiger charge is -2.19. The van der Waals surface area contributed by atoms with Crippen molar-refractivity contribution < 1.29 is 14.3 Å². The van der Waals surface area contributed by atoms with Crippen molar-refractivity contribution in [2.45, 2.75) is 19.1 Å². The molecule has 1 heterocycles. The third kappa shape index (κ3) is 2.49. The molecule has 0 bridgehead atoms. The van der Waals surface area contributed by atoms with Gasteiger partial charge in [0.05, 0.1) is 19.3 Å². The van der Waals surface area contributed by atoms with Crippen LogP contribution in [0.5, 0.6) is 0 Å². The fraction of sp³-hybridized carbons (Fsp3) is 0.308. The fourth-order valence-corrected chi connectivity index (χ4v) is 1.70. The Morgan fingerprint density at radius 1 is 1.38 bits per heavy atom. The highest BCUT2D eigenvalue weighted by atomic mass is 16.5. The van der Waals surface area contributed by atoms with E-state index < -0.39 is 0 Å². The van der Waals surface area contributed by atoms with Crippen molar-refractivity contribution in [3.63, 3.8) is 0 Å². The maximum Gasteiger partial charge on any atom is 0.162 e. The largest absolute Gasteiger partial charge is 0.493 e. The maximum absolute atomic E-state index is 11.2. The molecule has 3 nitrogen and oxygen atoms in total. The molecule has 1 atom stereocenters. The van der Waals surface area contributed by atoms with E-state index in [1.54, 1.807) is 7.11 Å². The van der Waals surface area contributed by atoms with Crippen LogP contribution in [0.3, 0.4) is 0 Å². The minimum Gasteiger partial charge on any atom is -0.493 e. The van der Waals surface area contributed by atoms with E-state index in [0.717, 1.165) is 11.1 Å². The highest BCUT2D eigenvalue weighted by Crippen LogP contribution is 2.25. The van der Waals surface area contributed by atoms with Crippen LogP contribution in [0.4, 0.5) is 0 Å². The van der Waals surface area contributed by atoms with Crippen LogP contribution in [0.15, 0.2) is 36.6 Å². The molecular formula is C13H14O3. The van der Waals surface area contributed by atoms with Gasteiger partial charge in [0.1, 0.15) is 6.10 Å². The Bertz CT molecular complexity index is 392. The van der Waals surface area contributed by atoms with Gasteiger partial charge in [-0.2, -0.15) is 0 Å². The molecule has 0 aromatic heterocycles. The van der Waals surface area contributed by atoms with Gasteiger partial charge in [-0.15, -0.1) is 0 Å². The van der Waals surface area contributed by atoms with Crippen molar-refractivity contribution in [3.8, 4) is 0 Å². The third-order valence-electron chi connectivity index (χ3n) is 2.55. The Balaban J connectivity index is 2.09. The molecule has 84 valence electrons. The summed E-state index contributed by atoms with van der Waals surface area (Å²) in [7, 11) is 1.67. The molecule has 0 spiro atoms. The lowest BCUT2D eigenvalue weighted by atomic mass is 10.0. The van der Waals surface area contributed by atoms with Crippen LogP contribution in [0, 0.1) is 0 Å². The van der Waals surface area contributed by atoms with E-state index in [1.807, 2.05) is 24.3 Å². The van der Waals surface area contributed by atoms with Crippen molar-refractivity contribution in [2.24, 2.45) is 0 Å². The van der Waals surface area contributed by atoms with Crippen LogP contribution in [-0.4, -0.2) is 12.9 Å². The van der Waals surface area contributed by atoms with E-state index >= 15 is 0 Å². The van der Waals surface area contributed by atoms with E-state index in [9.17, 15) is 4.79 Å². The van der Waals surface area contributed by atoms with Crippen molar-refractivity contribution in [2.75, 3.05) is 7.11 Å². The normalized spacial score (nSPS) is 19.6. The summed E-state index contributed by atoms with van der Waals surface area (Å²) in [4.78, 5) is 11.2. The molecule has 2 rings (SSSR count). The van der Waals surface area contributed by atoms with E-state index in [0.29, 0.717) is 13.0 Å². The minimum absolute atomic E-state index is 0.109. The first-order valence-electron chi connectivity index (χ1n) is 5.22. The lowest BCUT2D eigenvalue weighted by molar-refractivity contribution is -0.118. The number of hydrogen-bond acceptors (Lipinski definition) is 3. The molecule has 0 saturated heterocycles. The first kappa shape index (κ1) is 10.9. The summed E-state index contributed by atoms with van der Waals surface area (Å²) < 4.78 is 10.4. The van der Waals surface area contributed by atoms with E-state index in [4.69, 9.17) is 9.47 Å². The SMILES string of the molecule is COCc1ccc(C2CC(=O)C=CO2)cc1. The van der Waals surface area contributed by atoms with Gasteiger partial charge in [0.15, 0.2) is 5.78 Å². The zero-order chi connectivity index (χ0) is 11.4. The van der Waals surface area contributed by atoms with Crippen LogP contribution in [0.2, 0.25) is 0 Å². The van der Waals surface area contributed by atoms with Gasteiger partial charge in [-0.3, -0.25) is 4.79 Å². The first-order valence-corrected chi connectivity index (χ1v) is 5.22. The van der Waals surface area contributed by atoms with Gasteiger partial charge in [0.25, 0.3) is 0 Å². The van der Waals surface area contributed by atoms with Crippen LogP contribution in [-0.2, 0) is 20.9 Å². The summed E-state index contributed by atoms with van der Waals surface area (Å²) in [5.74, 6) is 0.109. The number of rotatable bonds is 3. The van der Waals surface area contributed by atoms with Gasteiger partial charge in [0.2, 0.25) is 0 Å². The van der Waals surface area contributed by atoms with Crippen LogP contribution >= 0.6 is 0 Å². The number of ketones is 1. The molecule has 0 aliphatic carbocycles. The highest BCUT2D eigenvalue weighted by Gasteiger charge is 2.18. The number of hydrogen-bond donors (Lipinski definition) is 0. The summed E-state index contributed by atoms with van der Waals surface area (Å²) in [5, 5.41) is 0. The second-order valence-electron chi connectivity index (χ2n) is 3.77. The minimum atomic E-state index is -0.144. The Hall–Kier alpha value is -1.61. The fourth-order valence-electron chi connectivity index (χ4n) is 1.70. The molecule has 3 heteroatoms. The summed E-state index contributed by atoms with van der Waals surface area (Å²) >= 11 is 0. The molecule has 0 amide bonds. The maximum atomic E-state index is 11.2. The molecular weight excluding hydrogens is 204 g/mol. The Labute approximate surface area is 94.7 Å². The second kappa shape index (κ2) is 4.94. The number of allylic oxidation sites excluding steroid dienone is 1. The smallest absolute Gasteiger partial charge is 0.162 e. The molecule has 1 aliphatic heterocycles. The second-order valence-corrected chi connectivity index (χ2v) is 3.77. The van der Waals surface area contributed by atoms with E-state index in [1.165, 1.54) is 12.3 Å². The third-order valence-corrected chi connectivity index (χ3v) is 2.55. The van der Waals surface area contributed by atoms with Gasteiger partial charge >= 0.3 is 0 Å². The van der Waals surface area contributed by atoms with Gasteiger partial charge in [-0.1, -0.05) is 24.3 Å². The van der Waals surface area contributed by atoms with Gasteiger partial charge in [-0.25, -0.2) is 0 Å². The molecule has 0 saturated carbocycles. The molecule has 0 N–H and O–H groups in total. The summed E-state index contributed by atoms with van der Waals surface area (Å²) in [6.07, 6.45) is 3.21. The molecule has 0 fully saturated rings. The average molecular weight is 218 g/mol. The Morgan fingerprint density at radius 2 is 2.12 bits per heavy atom. The summed E-state index contributed by atoms with van der Waals surface area (Å²) in [5.41, 5.74) is 2.14. The number of ether oxygens (including phenoxy) is 2. The van der Waals surface area contributed by atoms with Crippen molar-refractivity contribution in [1.29, 1.82) is 0 Å². The summed E-state index contributed by atoms with van der Waals surface area (Å²) in [6, 6.07) is 7.94. The molecule has 1 unspecified atom stereocenters. The van der Waals surface area contributed by atoms with Crippen LogP contribution < -0.4 is 0 Å². The average Bonchev–Trinajstić information content (AvgIpc) is 2.30. The number of methoxy groups -OCH3 is 1. The molecule has 0 radical (unpaired) electrons. The number of carbonyl (C=O) groups excluding carboxylic acids is 1. The predicted molar refractivity (Wildman–Crippen MR) is 59.7 cm³/mol. The van der Waals surface area contributed by atoms with Crippen molar-refractivity contribution in [3.05, 3.63) is 47.7 Å². The van der Waals surface area contributed by atoms with Crippen LogP contribution in [0.25, 0.3) is 0 Å². The molecule has 1 aromatic carbocycles. The predicted octanol–water partition coefficient (Wildman–Crippen LogP) is 2.38. The lowest BCUT2D eigenvalue weighted by Crippen LogP contribution is -2.11. The van der Waals surface area contributed by atoms with Gasteiger partial charge < -0.3 is 9.47 Å². The summed E-state index contributed by atoms with van der Waals surface area (Å²) in [6.45, 7) is 0.602. The Kier molecular flexibility index (Phi) is 3.37. The van der Waals surface area contributed by atoms with Crippen molar-refractivity contribution in [1.82, 2.24) is 0 Å². The topological polar surface area (TPSA) is 35.5 Å². The number of benzene rings is 1. The zero-order valence-corrected chi connectivity index (χ0v) is 9.18. The molecule has 1 aliphatic rings. The molecule has 1 aromatic rings. The monoisotopic (exact) mass is 218 g/mol. The van der Waals surface area contributed by atoms with Gasteiger partial charge in [0, 0.05) is 13.2 Å². The molecule has 16 heavy (non-hydrogen) atoms. The van der Waals surface area contributed by atoms with Crippen LogP contribution in [0.1, 0.15) is 23.7 Å².